The summed E-state index contributed by atoms with van der Waals surface area (Å²) >= 11 is 1.60. The number of hydrogen-bond donors (Lipinski definition) is 0. The van der Waals surface area contributed by atoms with Gasteiger partial charge < -0.3 is 4.74 Å². The van der Waals surface area contributed by atoms with Gasteiger partial charge >= 0.3 is 0 Å². The first-order chi connectivity index (χ1) is 5.33. The van der Waals surface area contributed by atoms with E-state index >= 15 is 0 Å². The van der Waals surface area contributed by atoms with Gasteiger partial charge in [0.15, 0.2) is 5.78 Å². The van der Waals surface area contributed by atoms with Crippen LogP contribution in [0, 0.1) is 0 Å². The molecule has 1 aromatic heterocycles. The highest BCUT2D eigenvalue weighted by atomic mass is 32.1. The molecule has 1 aromatic rings. The third-order valence-electron chi connectivity index (χ3n) is 1.26. The average Bonchev–Trinajstić information content (AvgIpc) is 2.40. The molecule has 0 aromatic carbocycles. The fourth-order valence-electron chi connectivity index (χ4n) is 0.820. The molecule has 0 bridgehead atoms. The number of ether oxygens (including phenoxy) is 1. The molecule has 0 amide bonds. The van der Waals surface area contributed by atoms with E-state index in [2.05, 4.69) is 0 Å². The molecule has 0 saturated heterocycles. The lowest BCUT2D eigenvalue weighted by atomic mass is 10.2. The number of carbonyl (C=O) groups is 1. The van der Waals surface area contributed by atoms with Crippen LogP contribution in [0.3, 0.4) is 0 Å². The Bertz CT molecular complexity index is 216. The smallest absolute Gasteiger partial charge is 0.163 e. The van der Waals surface area contributed by atoms with Crippen molar-refractivity contribution in [3.8, 4) is 0 Å². The maximum atomic E-state index is 11.0. The van der Waals surface area contributed by atoms with Crippen LogP contribution < -0.4 is 0 Å². The Labute approximate surface area is 69.8 Å². The summed E-state index contributed by atoms with van der Waals surface area (Å²) < 4.78 is 4.71. The van der Waals surface area contributed by atoms with E-state index in [0.29, 0.717) is 6.42 Å². The Hall–Kier alpha value is -0.670. The van der Waals surface area contributed by atoms with Crippen LogP contribution in [0.2, 0.25) is 0 Å². The molecule has 2 nitrogen and oxygen atoms in total. The molecule has 60 valence electrons. The number of hydrogen-bond acceptors (Lipinski definition) is 3. The molecule has 0 aliphatic heterocycles. The average molecular weight is 170 g/mol. The zero-order valence-corrected chi connectivity index (χ0v) is 7.19. The van der Waals surface area contributed by atoms with Crippen molar-refractivity contribution in [3.63, 3.8) is 0 Å². The van der Waals surface area contributed by atoms with E-state index in [0.717, 1.165) is 4.88 Å². The SMILES string of the molecule is COCC(=O)Cc1cccs1. The quantitative estimate of drug-likeness (QED) is 0.684. The first-order valence-corrected chi connectivity index (χ1v) is 4.24. The van der Waals surface area contributed by atoms with E-state index in [1.54, 1.807) is 11.3 Å². The normalized spacial score (nSPS) is 9.91. The van der Waals surface area contributed by atoms with Crippen molar-refractivity contribution in [1.82, 2.24) is 0 Å². The topological polar surface area (TPSA) is 26.3 Å². The molecule has 1 rings (SSSR count). The summed E-state index contributed by atoms with van der Waals surface area (Å²) in [6.07, 6.45) is 0.505. The standard InChI is InChI=1S/C8H10O2S/c1-10-6-7(9)5-8-3-2-4-11-8/h2-4H,5-6H2,1H3. The second kappa shape index (κ2) is 4.26. The molecular weight excluding hydrogens is 160 g/mol. The molecule has 11 heavy (non-hydrogen) atoms. The lowest BCUT2D eigenvalue weighted by molar-refractivity contribution is -0.121. The number of ketones is 1. The van der Waals surface area contributed by atoms with Gasteiger partial charge in [-0.1, -0.05) is 6.07 Å². The van der Waals surface area contributed by atoms with Gasteiger partial charge in [-0.3, -0.25) is 4.79 Å². The van der Waals surface area contributed by atoms with Crippen molar-refractivity contribution < 1.29 is 9.53 Å². The first kappa shape index (κ1) is 8.43. The number of methoxy groups -OCH3 is 1. The van der Waals surface area contributed by atoms with Gasteiger partial charge in [0.25, 0.3) is 0 Å². The second-order valence-electron chi connectivity index (χ2n) is 2.23. The third kappa shape index (κ3) is 2.82. The van der Waals surface area contributed by atoms with E-state index in [-0.39, 0.29) is 12.4 Å². The van der Waals surface area contributed by atoms with Crippen molar-refractivity contribution in [3.05, 3.63) is 22.4 Å². The second-order valence-corrected chi connectivity index (χ2v) is 3.26. The molecule has 0 N–H and O–H groups in total. The van der Waals surface area contributed by atoms with Crippen molar-refractivity contribution in [2.24, 2.45) is 0 Å². The zero-order valence-electron chi connectivity index (χ0n) is 6.37. The number of Topliss-reactive ketones (excluding diaryl/α,β-unsaturated/α-hetero) is 1. The Morgan fingerprint density at radius 1 is 1.73 bits per heavy atom. The van der Waals surface area contributed by atoms with Gasteiger partial charge in [-0.05, 0) is 11.4 Å². The van der Waals surface area contributed by atoms with Crippen LogP contribution in [0.15, 0.2) is 17.5 Å². The predicted octanol–water partition coefficient (Wildman–Crippen LogP) is 1.51. The van der Waals surface area contributed by atoms with E-state index in [1.807, 2.05) is 17.5 Å². The number of carbonyl (C=O) groups excluding carboxylic acids is 1. The van der Waals surface area contributed by atoms with E-state index in [4.69, 9.17) is 4.74 Å². The maximum absolute atomic E-state index is 11.0. The molecule has 1 heterocycles. The minimum atomic E-state index is 0.134. The first-order valence-electron chi connectivity index (χ1n) is 3.36. The van der Waals surface area contributed by atoms with Crippen LogP contribution in [-0.2, 0) is 16.0 Å². The lowest BCUT2D eigenvalue weighted by Crippen LogP contribution is -2.08. The Kier molecular flexibility index (Phi) is 3.26. The number of rotatable bonds is 4. The minimum Gasteiger partial charge on any atom is -0.377 e. The largest absolute Gasteiger partial charge is 0.377 e. The van der Waals surface area contributed by atoms with Crippen LogP contribution in [0.1, 0.15) is 4.88 Å². The van der Waals surface area contributed by atoms with Gasteiger partial charge in [-0.25, -0.2) is 0 Å². The van der Waals surface area contributed by atoms with Gasteiger partial charge in [0, 0.05) is 18.4 Å². The molecule has 0 radical (unpaired) electrons. The van der Waals surface area contributed by atoms with E-state index in [9.17, 15) is 4.79 Å². The number of thiophene rings is 1. The van der Waals surface area contributed by atoms with Crippen LogP contribution in [-0.4, -0.2) is 19.5 Å². The summed E-state index contributed by atoms with van der Waals surface area (Å²) in [6, 6.07) is 3.90. The highest BCUT2D eigenvalue weighted by Crippen LogP contribution is 2.09. The van der Waals surface area contributed by atoms with Crippen LogP contribution in [0.25, 0.3) is 0 Å². The summed E-state index contributed by atoms with van der Waals surface area (Å²) in [5.41, 5.74) is 0. The Morgan fingerprint density at radius 2 is 2.55 bits per heavy atom. The molecule has 0 fully saturated rings. The van der Waals surface area contributed by atoms with Gasteiger partial charge in [-0.2, -0.15) is 0 Å². The molecule has 0 unspecified atom stereocenters. The molecule has 0 aliphatic carbocycles. The zero-order chi connectivity index (χ0) is 8.10. The molecule has 0 saturated carbocycles. The van der Waals surface area contributed by atoms with Crippen molar-refractivity contribution in [2.75, 3.05) is 13.7 Å². The van der Waals surface area contributed by atoms with E-state index in [1.165, 1.54) is 7.11 Å². The summed E-state index contributed by atoms with van der Waals surface area (Å²) in [5.74, 6) is 0.134. The fraction of sp³-hybridized carbons (Fsp3) is 0.375. The van der Waals surface area contributed by atoms with Crippen molar-refractivity contribution in [1.29, 1.82) is 0 Å². The lowest BCUT2D eigenvalue weighted by Gasteiger charge is -1.95. The third-order valence-corrected chi connectivity index (χ3v) is 2.13. The van der Waals surface area contributed by atoms with Gasteiger partial charge in [0.2, 0.25) is 0 Å². The van der Waals surface area contributed by atoms with Gasteiger partial charge in [0.05, 0.1) is 0 Å². The Balaban J connectivity index is 2.37. The molecule has 0 aliphatic rings. The molecular formula is C8H10O2S. The van der Waals surface area contributed by atoms with Crippen molar-refractivity contribution >= 4 is 17.1 Å². The van der Waals surface area contributed by atoms with Gasteiger partial charge in [0.1, 0.15) is 6.61 Å². The highest BCUT2D eigenvalue weighted by Gasteiger charge is 2.02. The van der Waals surface area contributed by atoms with Crippen LogP contribution >= 0.6 is 11.3 Å². The van der Waals surface area contributed by atoms with Crippen molar-refractivity contribution in [2.45, 2.75) is 6.42 Å². The highest BCUT2D eigenvalue weighted by molar-refractivity contribution is 7.10. The van der Waals surface area contributed by atoms with Crippen LogP contribution in [0.5, 0.6) is 0 Å². The summed E-state index contributed by atoms with van der Waals surface area (Å²) in [4.78, 5) is 12.1. The van der Waals surface area contributed by atoms with Gasteiger partial charge in [-0.15, -0.1) is 11.3 Å². The van der Waals surface area contributed by atoms with E-state index < -0.39 is 0 Å². The molecule has 0 atom stereocenters. The van der Waals surface area contributed by atoms with Crippen LogP contribution in [0.4, 0.5) is 0 Å². The summed E-state index contributed by atoms with van der Waals surface area (Å²) in [5, 5.41) is 1.97. The predicted molar refractivity (Wildman–Crippen MR) is 44.9 cm³/mol. The molecule has 3 heteroatoms. The molecule has 0 spiro atoms. The maximum Gasteiger partial charge on any atom is 0.163 e. The summed E-state index contributed by atoms with van der Waals surface area (Å²) in [7, 11) is 1.53. The monoisotopic (exact) mass is 170 g/mol. The fourth-order valence-corrected chi connectivity index (χ4v) is 1.55. The Morgan fingerprint density at radius 3 is 3.09 bits per heavy atom. The summed E-state index contributed by atoms with van der Waals surface area (Å²) in [6.45, 7) is 0.220. The minimum absolute atomic E-state index is 0.134.